The highest BCUT2D eigenvalue weighted by molar-refractivity contribution is 5.87. The summed E-state index contributed by atoms with van der Waals surface area (Å²) in [6, 6.07) is 10.8. The first-order valence-electron chi connectivity index (χ1n) is 8.37. The van der Waals surface area contributed by atoms with E-state index in [4.69, 9.17) is 4.74 Å². The monoisotopic (exact) mass is 354 g/mol. The molecule has 7 nitrogen and oxygen atoms in total. The van der Waals surface area contributed by atoms with E-state index in [-0.39, 0.29) is 12.1 Å². The minimum Gasteiger partial charge on any atom is -0.443 e. The largest absolute Gasteiger partial charge is 0.443 e. The standard InChI is InChI=1S/C19H22N4O3/c1-19(2,3)26-18(25)23-15-10-6-5-8-13(15)21-16(23)12-22-11-7-9-14(20-4)17(22)24/h5-11,20H,12H2,1-4H3. The Kier molecular flexibility index (Phi) is 4.54. The average Bonchev–Trinajstić information content (AvgIpc) is 2.93. The SMILES string of the molecule is CNc1cccn(Cc2nc3ccccc3n2C(=O)OC(C)(C)C)c1=O. The van der Waals surface area contributed by atoms with Crippen LogP contribution >= 0.6 is 0 Å². The van der Waals surface area contributed by atoms with E-state index < -0.39 is 11.7 Å². The maximum Gasteiger partial charge on any atom is 0.420 e. The number of nitrogens with one attached hydrogen (secondary N) is 1. The summed E-state index contributed by atoms with van der Waals surface area (Å²) >= 11 is 0. The van der Waals surface area contributed by atoms with Gasteiger partial charge in [0.1, 0.15) is 17.1 Å². The fourth-order valence-corrected chi connectivity index (χ4v) is 2.70. The Morgan fingerprint density at radius 3 is 2.62 bits per heavy atom. The van der Waals surface area contributed by atoms with Gasteiger partial charge in [-0.3, -0.25) is 4.79 Å². The molecule has 3 rings (SSSR count). The molecule has 0 saturated heterocycles. The molecule has 26 heavy (non-hydrogen) atoms. The van der Waals surface area contributed by atoms with E-state index in [1.54, 1.807) is 25.4 Å². The number of aromatic nitrogens is 3. The number of hydrogen-bond donors (Lipinski definition) is 1. The van der Waals surface area contributed by atoms with Gasteiger partial charge in [-0.2, -0.15) is 0 Å². The van der Waals surface area contributed by atoms with Gasteiger partial charge in [0, 0.05) is 13.2 Å². The van der Waals surface area contributed by atoms with Crippen molar-refractivity contribution in [2.75, 3.05) is 12.4 Å². The molecule has 0 unspecified atom stereocenters. The molecule has 0 aliphatic rings. The van der Waals surface area contributed by atoms with E-state index in [0.717, 1.165) is 0 Å². The van der Waals surface area contributed by atoms with Crippen LogP contribution in [0.15, 0.2) is 47.4 Å². The molecular formula is C19H22N4O3. The van der Waals surface area contributed by atoms with Gasteiger partial charge in [0.15, 0.2) is 0 Å². The van der Waals surface area contributed by atoms with Gasteiger partial charge >= 0.3 is 6.09 Å². The van der Waals surface area contributed by atoms with Gasteiger partial charge in [-0.25, -0.2) is 14.3 Å². The van der Waals surface area contributed by atoms with Crippen molar-refractivity contribution in [2.24, 2.45) is 0 Å². The molecule has 2 aromatic heterocycles. The number of hydrogen-bond acceptors (Lipinski definition) is 5. The summed E-state index contributed by atoms with van der Waals surface area (Å²) in [5.74, 6) is 0.441. The van der Waals surface area contributed by atoms with E-state index in [0.29, 0.717) is 22.5 Å². The fraction of sp³-hybridized carbons (Fsp3) is 0.316. The van der Waals surface area contributed by atoms with Gasteiger partial charge in [0.2, 0.25) is 0 Å². The smallest absolute Gasteiger partial charge is 0.420 e. The van der Waals surface area contributed by atoms with E-state index >= 15 is 0 Å². The van der Waals surface area contributed by atoms with Crippen molar-refractivity contribution in [3.8, 4) is 0 Å². The molecule has 0 atom stereocenters. The van der Waals surface area contributed by atoms with Crippen LogP contribution in [0.2, 0.25) is 0 Å². The number of pyridine rings is 1. The topological polar surface area (TPSA) is 78.2 Å². The van der Waals surface area contributed by atoms with Gasteiger partial charge in [0.05, 0.1) is 17.6 Å². The molecule has 0 aliphatic carbocycles. The number of benzene rings is 1. The highest BCUT2D eigenvalue weighted by Gasteiger charge is 2.23. The molecule has 0 aliphatic heterocycles. The predicted octanol–water partition coefficient (Wildman–Crippen LogP) is 3.07. The molecule has 3 aromatic rings. The Morgan fingerprint density at radius 1 is 1.19 bits per heavy atom. The summed E-state index contributed by atoms with van der Waals surface area (Å²) in [5, 5.41) is 2.86. The van der Waals surface area contributed by atoms with Crippen molar-refractivity contribution in [1.29, 1.82) is 0 Å². The summed E-state index contributed by atoms with van der Waals surface area (Å²) in [7, 11) is 1.69. The highest BCUT2D eigenvalue weighted by atomic mass is 16.6. The summed E-state index contributed by atoms with van der Waals surface area (Å²) in [6.07, 6.45) is 1.15. The van der Waals surface area contributed by atoms with Crippen molar-refractivity contribution >= 4 is 22.8 Å². The maximum atomic E-state index is 12.8. The Balaban J connectivity index is 2.10. The van der Waals surface area contributed by atoms with Crippen molar-refractivity contribution in [3.63, 3.8) is 0 Å². The lowest BCUT2D eigenvalue weighted by Crippen LogP contribution is -2.29. The van der Waals surface area contributed by atoms with Crippen LogP contribution in [-0.4, -0.2) is 32.9 Å². The molecule has 1 N–H and O–H groups in total. The van der Waals surface area contributed by atoms with Gasteiger partial charge < -0.3 is 14.6 Å². The van der Waals surface area contributed by atoms with Gasteiger partial charge in [-0.15, -0.1) is 0 Å². The van der Waals surface area contributed by atoms with Crippen LogP contribution in [-0.2, 0) is 11.3 Å². The first kappa shape index (κ1) is 17.7. The molecule has 2 heterocycles. The van der Waals surface area contributed by atoms with Crippen LogP contribution in [0.1, 0.15) is 26.6 Å². The van der Waals surface area contributed by atoms with E-state index in [2.05, 4.69) is 10.3 Å². The Morgan fingerprint density at radius 2 is 1.92 bits per heavy atom. The number of carbonyl (C=O) groups excluding carboxylic acids is 1. The van der Waals surface area contributed by atoms with Gasteiger partial charge in [-0.05, 0) is 45.0 Å². The Hall–Kier alpha value is -3.09. The Bertz CT molecular complexity index is 1010. The number of ether oxygens (including phenoxy) is 1. The molecule has 1 aromatic carbocycles. The normalized spacial score (nSPS) is 11.5. The summed E-state index contributed by atoms with van der Waals surface area (Å²) in [5.41, 5.74) is 0.980. The number of fused-ring (bicyclic) bond motifs is 1. The van der Waals surface area contributed by atoms with Crippen LogP contribution in [0.3, 0.4) is 0 Å². The van der Waals surface area contributed by atoms with Crippen LogP contribution in [0.25, 0.3) is 11.0 Å². The number of nitrogens with zero attached hydrogens (tertiary/aromatic N) is 3. The Labute approximate surface area is 151 Å². The molecular weight excluding hydrogens is 332 g/mol. The van der Waals surface area contributed by atoms with E-state index in [1.165, 1.54) is 9.13 Å². The number of imidazole rings is 1. The lowest BCUT2D eigenvalue weighted by atomic mass is 10.2. The summed E-state index contributed by atoms with van der Waals surface area (Å²) in [6.45, 7) is 5.59. The van der Waals surface area contributed by atoms with Crippen molar-refractivity contribution in [1.82, 2.24) is 14.1 Å². The molecule has 0 saturated carbocycles. The van der Waals surface area contributed by atoms with E-state index in [1.807, 2.05) is 45.0 Å². The average molecular weight is 354 g/mol. The maximum absolute atomic E-state index is 12.8. The fourth-order valence-electron chi connectivity index (χ4n) is 2.70. The third-order valence-corrected chi connectivity index (χ3v) is 3.81. The summed E-state index contributed by atoms with van der Waals surface area (Å²) < 4.78 is 8.47. The third-order valence-electron chi connectivity index (χ3n) is 3.81. The third kappa shape index (κ3) is 3.46. The first-order valence-corrected chi connectivity index (χ1v) is 8.37. The highest BCUT2D eigenvalue weighted by Crippen LogP contribution is 2.19. The van der Waals surface area contributed by atoms with Crippen LogP contribution in [0.4, 0.5) is 10.5 Å². The zero-order valence-corrected chi connectivity index (χ0v) is 15.3. The van der Waals surface area contributed by atoms with Gasteiger partial charge in [0.25, 0.3) is 5.56 Å². The zero-order valence-electron chi connectivity index (χ0n) is 15.3. The predicted molar refractivity (Wildman–Crippen MR) is 101 cm³/mol. The second-order valence-corrected chi connectivity index (χ2v) is 6.94. The summed E-state index contributed by atoms with van der Waals surface area (Å²) in [4.78, 5) is 29.8. The molecule has 0 radical (unpaired) electrons. The zero-order chi connectivity index (χ0) is 18.9. The second kappa shape index (κ2) is 6.67. The van der Waals surface area contributed by atoms with Crippen molar-refractivity contribution < 1.29 is 9.53 Å². The first-order chi connectivity index (χ1) is 12.3. The quantitative estimate of drug-likeness (QED) is 0.782. The van der Waals surface area contributed by atoms with Crippen molar-refractivity contribution in [2.45, 2.75) is 32.9 Å². The number of para-hydroxylation sites is 2. The second-order valence-electron chi connectivity index (χ2n) is 6.94. The lowest BCUT2D eigenvalue weighted by Gasteiger charge is -2.20. The van der Waals surface area contributed by atoms with Crippen LogP contribution in [0, 0.1) is 0 Å². The molecule has 0 amide bonds. The minimum atomic E-state index is -0.636. The van der Waals surface area contributed by atoms with Crippen molar-refractivity contribution in [3.05, 3.63) is 58.8 Å². The molecule has 0 fully saturated rings. The van der Waals surface area contributed by atoms with E-state index in [9.17, 15) is 9.59 Å². The lowest BCUT2D eigenvalue weighted by molar-refractivity contribution is 0.0538. The minimum absolute atomic E-state index is 0.155. The number of anilines is 1. The molecule has 0 spiro atoms. The van der Waals surface area contributed by atoms with Crippen LogP contribution < -0.4 is 10.9 Å². The van der Waals surface area contributed by atoms with Crippen LogP contribution in [0.5, 0.6) is 0 Å². The van der Waals surface area contributed by atoms with Gasteiger partial charge in [-0.1, -0.05) is 12.1 Å². The number of rotatable bonds is 3. The molecule has 136 valence electrons. The molecule has 7 heteroatoms. The number of carbonyl (C=O) groups is 1. The molecule has 0 bridgehead atoms.